The summed E-state index contributed by atoms with van der Waals surface area (Å²) >= 11 is 7.52. The average Bonchev–Trinajstić information content (AvgIpc) is 3.31. The standard InChI is InChI=1S/C25H25ClN2O5S/c1-25(2,3)33-24(31)28-19(23(30)32-14-15-7-5-4-6-8-15)11-16(22(28)29)12-21-27-18-13-17(26)9-10-20(18)34-21/h4-10,13,16,19H,11-12,14H2,1-3H3/t16-,19-/m1/s1. The molecule has 2 aromatic carbocycles. The van der Waals surface area contributed by atoms with Gasteiger partial charge in [-0.3, -0.25) is 4.79 Å². The SMILES string of the molecule is CC(C)(C)OC(=O)N1C(=O)[C@@H](Cc2nc3cc(Cl)ccc3s2)C[C@@H]1C(=O)OCc1ccccc1. The van der Waals surface area contributed by atoms with Gasteiger partial charge in [-0.1, -0.05) is 41.9 Å². The molecule has 3 aromatic rings. The first-order valence-electron chi connectivity index (χ1n) is 10.9. The van der Waals surface area contributed by atoms with Gasteiger partial charge < -0.3 is 9.47 Å². The molecule has 0 radical (unpaired) electrons. The number of fused-ring (bicyclic) bond motifs is 1. The van der Waals surface area contributed by atoms with E-state index in [0.717, 1.165) is 25.7 Å². The van der Waals surface area contributed by atoms with Crippen LogP contribution in [-0.4, -0.2) is 39.5 Å². The number of benzene rings is 2. The van der Waals surface area contributed by atoms with Crippen LogP contribution < -0.4 is 0 Å². The van der Waals surface area contributed by atoms with Gasteiger partial charge in [-0.25, -0.2) is 19.5 Å². The highest BCUT2D eigenvalue weighted by atomic mass is 35.5. The summed E-state index contributed by atoms with van der Waals surface area (Å²) in [5.41, 5.74) is 0.745. The molecular weight excluding hydrogens is 476 g/mol. The Balaban J connectivity index is 1.54. The van der Waals surface area contributed by atoms with Crippen molar-refractivity contribution in [2.75, 3.05) is 0 Å². The maximum atomic E-state index is 13.3. The number of nitrogens with zero attached hydrogens (tertiary/aromatic N) is 2. The van der Waals surface area contributed by atoms with Crippen LogP contribution in [0.1, 0.15) is 37.8 Å². The second-order valence-corrected chi connectivity index (χ2v) is 10.7. The van der Waals surface area contributed by atoms with Crippen LogP contribution in [0.3, 0.4) is 0 Å². The Morgan fingerprint density at radius 2 is 1.91 bits per heavy atom. The second-order valence-electron chi connectivity index (χ2n) is 9.15. The Labute approximate surface area is 206 Å². The van der Waals surface area contributed by atoms with Crippen LogP contribution in [0.4, 0.5) is 4.79 Å². The predicted molar refractivity (Wildman–Crippen MR) is 130 cm³/mol. The third-order valence-electron chi connectivity index (χ3n) is 5.31. The molecule has 2 heterocycles. The summed E-state index contributed by atoms with van der Waals surface area (Å²) < 4.78 is 11.8. The number of rotatable bonds is 5. The number of imide groups is 1. The van der Waals surface area contributed by atoms with E-state index >= 15 is 0 Å². The summed E-state index contributed by atoms with van der Waals surface area (Å²) in [4.78, 5) is 44.6. The first kappa shape index (κ1) is 24.2. The number of esters is 1. The molecule has 178 valence electrons. The number of carbonyl (C=O) groups excluding carboxylic acids is 3. The number of ether oxygens (including phenoxy) is 2. The number of likely N-dealkylation sites (tertiary alicyclic amines) is 1. The minimum atomic E-state index is -1.06. The summed E-state index contributed by atoms with van der Waals surface area (Å²) in [6.07, 6.45) is -0.405. The zero-order valence-corrected chi connectivity index (χ0v) is 20.7. The number of hydrogen-bond donors (Lipinski definition) is 0. The number of amides is 2. The fraction of sp³-hybridized carbons (Fsp3) is 0.360. The summed E-state index contributed by atoms with van der Waals surface area (Å²) in [5.74, 6) is -1.70. The Kier molecular flexibility index (Phi) is 6.91. The second kappa shape index (κ2) is 9.72. The monoisotopic (exact) mass is 500 g/mol. The lowest BCUT2D eigenvalue weighted by Crippen LogP contribution is -2.46. The lowest BCUT2D eigenvalue weighted by molar-refractivity contribution is -0.152. The van der Waals surface area contributed by atoms with Crippen LogP contribution in [0, 0.1) is 5.92 Å². The molecule has 34 heavy (non-hydrogen) atoms. The Hall–Kier alpha value is -2.97. The molecule has 0 aliphatic carbocycles. The van der Waals surface area contributed by atoms with Crippen LogP contribution in [-0.2, 0) is 32.1 Å². The van der Waals surface area contributed by atoms with Gasteiger partial charge in [0.2, 0.25) is 5.91 Å². The first-order valence-corrected chi connectivity index (χ1v) is 12.1. The molecule has 2 atom stereocenters. The lowest BCUT2D eigenvalue weighted by atomic mass is 10.0. The third-order valence-corrected chi connectivity index (χ3v) is 6.60. The van der Waals surface area contributed by atoms with E-state index in [1.807, 2.05) is 36.4 Å². The van der Waals surface area contributed by atoms with Crippen molar-refractivity contribution in [1.82, 2.24) is 9.88 Å². The number of carbonyl (C=O) groups is 3. The summed E-state index contributed by atoms with van der Waals surface area (Å²) in [6.45, 7) is 5.17. The van der Waals surface area contributed by atoms with E-state index in [0.29, 0.717) is 11.4 Å². The molecule has 1 aliphatic rings. The third kappa shape index (κ3) is 5.56. The van der Waals surface area contributed by atoms with E-state index in [1.54, 1.807) is 32.9 Å². The highest BCUT2D eigenvalue weighted by molar-refractivity contribution is 7.18. The quantitative estimate of drug-likeness (QED) is 0.437. The van der Waals surface area contributed by atoms with Gasteiger partial charge in [0.1, 0.15) is 18.2 Å². The van der Waals surface area contributed by atoms with Gasteiger partial charge in [-0.15, -0.1) is 11.3 Å². The highest BCUT2D eigenvalue weighted by Crippen LogP contribution is 2.33. The molecule has 1 fully saturated rings. The Morgan fingerprint density at radius 1 is 1.18 bits per heavy atom. The molecule has 1 saturated heterocycles. The van der Waals surface area contributed by atoms with Crippen molar-refractivity contribution < 1.29 is 23.9 Å². The molecule has 9 heteroatoms. The van der Waals surface area contributed by atoms with Gasteiger partial charge in [0.05, 0.1) is 15.2 Å². The smallest absolute Gasteiger partial charge is 0.417 e. The topological polar surface area (TPSA) is 85.8 Å². The van der Waals surface area contributed by atoms with Crippen LogP contribution in [0.2, 0.25) is 5.02 Å². The fourth-order valence-electron chi connectivity index (χ4n) is 3.80. The Morgan fingerprint density at radius 3 is 2.62 bits per heavy atom. The van der Waals surface area contributed by atoms with E-state index in [9.17, 15) is 14.4 Å². The number of halogens is 1. The number of aromatic nitrogens is 1. The molecule has 4 rings (SSSR count). The van der Waals surface area contributed by atoms with Crippen LogP contribution in [0.15, 0.2) is 48.5 Å². The zero-order chi connectivity index (χ0) is 24.5. The zero-order valence-electron chi connectivity index (χ0n) is 19.1. The number of hydrogen-bond acceptors (Lipinski definition) is 7. The maximum absolute atomic E-state index is 13.3. The van der Waals surface area contributed by atoms with Crippen molar-refractivity contribution in [3.63, 3.8) is 0 Å². The average molecular weight is 501 g/mol. The summed E-state index contributed by atoms with van der Waals surface area (Å²) in [6, 6.07) is 13.6. The van der Waals surface area contributed by atoms with Crippen LogP contribution in [0.5, 0.6) is 0 Å². The lowest BCUT2D eigenvalue weighted by Gasteiger charge is -2.26. The molecule has 0 N–H and O–H groups in total. The maximum Gasteiger partial charge on any atom is 0.417 e. The van der Waals surface area contributed by atoms with Gasteiger partial charge in [0.15, 0.2) is 0 Å². The van der Waals surface area contributed by atoms with Gasteiger partial charge in [0, 0.05) is 17.4 Å². The molecule has 2 amide bonds. The normalized spacial score (nSPS) is 18.4. The van der Waals surface area contributed by atoms with Crippen molar-refractivity contribution >= 4 is 51.1 Å². The van der Waals surface area contributed by atoms with Gasteiger partial charge in [-0.2, -0.15) is 0 Å². The molecule has 0 unspecified atom stereocenters. The first-order chi connectivity index (χ1) is 16.1. The summed E-state index contributed by atoms with van der Waals surface area (Å²) in [7, 11) is 0. The van der Waals surface area contributed by atoms with E-state index in [-0.39, 0.29) is 13.0 Å². The van der Waals surface area contributed by atoms with E-state index in [1.165, 1.54) is 11.3 Å². The molecule has 7 nitrogen and oxygen atoms in total. The molecule has 0 bridgehead atoms. The van der Waals surface area contributed by atoms with E-state index in [2.05, 4.69) is 4.98 Å². The molecule has 1 aromatic heterocycles. The minimum absolute atomic E-state index is 0.0514. The fourth-order valence-corrected chi connectivity index (χ4v) is 4.99. The van der Waals surface area contributed by atoms with Crippen molar-refractivity contribution in [3.05, 3.63) is 64.1 Å². The van der Waals surface area contributed by atoms with Crippen molar-refractivity contribution in [3.8, 4) is 0 Å². The van der Waals surface area contributed by atoms with Gasteiger partial charge in [0.25, 0.3) is 0 Å². The van der Waals surface area contributed by atoms with Crippen molar-refractivity contribution in [2.45, 2.75) is 51.9 Å². The molecular formula is C25H25ClN2O5S. The largest absolute Gasteiger partial charge is 0.459 e. The van der Waals surface area contributed by atoms with Crippen molar-refractivity contribution in [2.24, 2.45) is 5.92 Å². The van der Waals surface area contributed by atoms with Crippen LogP contribution >= 0.6 is 22.9 Å². The van der Waals surface area contributed by atoms with Crippen molar-refractivity contribution in [1.29, 1.82) is 0 Å². The minimum Gasteiger partial charge on any atom is -0.459 e. The molecule has 0 spiro atoms. The van der Waals surface area contributed by atoms with Gasteiger partial charge in [-0.05, 0) is 51.0 Å². The Bertz CT molecular complexity index is 1220. The van der Waals surface area contributed by atoms with E-state index < -0.39 is 35.5 Å². The predicted octanol–water partition coefficient (Wildman–Crippen LogP) is 5.39. The molecule has 1 aliphatic heterocycles. The molecule has 0 saturated carbocycles. The highest BCUT2D eigenvalue weighted by Gasteiger charge is 2.49. The van der Waals surface area contributed by atoms with Crippen LogP contribution in [0.25, 0.3) is 10.2 Å². The number of thiazole rings is 1. The van der Waals surface area contributed by atoms with Gasteiger partial charge >= 0.3 is 12.1 Å². The van der Waals surface area contributed by atoms with E-state index in [4.69, 9.17) is 21.1 Å². The summed E-state index contributed by atoms with van der Waals surface area (Å²) in [5, 5.41) is 1.32.